The minimum atomic E-state index is 0.0560. The fourth-order valence-electron chi connectivity index (χ4n) is 3.55. The Balaban J connectivity index is 1.51. The number of benzene rings is 2. The molecule has 5 heteroatoms. The molecular weight excluding hydrogens is 350 g/mol. The SMILES string of the molecule is COc1ccc(C(=O)N2CCN(c3ccccn3)CC2)cc1-c1ccccc1. The van der Waals surface area contributed by atoms with Crippen LogP contribution in [0.3, 0.4) is 0 Å². The second kappa shape index (κ2) is 8.13. The van der Waals surface area contributed by atoms with Crippen molar-refractivity contribution in [2.75, 3.05) is 38.2 Å². The maximum absolute atomic E-state index is 13.1. The van der Waals surface area contributed by atoms with Crippen LogP contribution >= 0.6 is 0 Å². The first-order valence-corrected chi connectivity index (χ1v) is 9.45. The highest BCUT2D eigenvalue weighted by Gasteiger charge is 2.23. The molecule has 1 aliphatic rings. The lowest BCUT2D eigenvalue weighted by atomic mass is 10.0. The van der Waals surface area contributed by atoms with Gasteiger partial charge in [-0.05, 0) is 35.9 Å². The molecule has 3 aromatic rings. The van der Waals surface area contributed by atoms with Crippen LogP contribution in [0.2, 0.25) is 0 Å². The number of rotatable bonds is 4. The van der Waals surface area contributed by atoms with Gasteiger partial charge in [-0.25, -0.2) is 4.98 Å². The molecule has 1 saturated heterocycles. The van der Waals surface area contributed by atoms with Crippen molar-refractivity contribution >= 4 is 11.7 Å². The second-order valence-corrected chi connectivity index (χ2v) is 6.75. The Kier molecular flexibility index (Phi) is 5.24. The van der Waals surface area contributed by atoms with Crippen molar-refractivity contribution in [1.82, 2.24) is 9.88 Å². The summed E-state index contributed by atoms with van der Waals surface area (Å²) in [6, 6.07) is 21.6. The van der Waals surface area contributed by atoms with E-state index in [1.165, 1.54) is 0 Å². The van der Waals surface area contributed by atoms with Gasteiger partial charge in [-0.1, -0.05) is 36.4 Å². The van der Waals surface area contributed by atoms with Crippen LogP contribution in [0, 0.1) is 0 Å². The van der Waals surface area contributed by atoms with Gasteiger partial charge in [-0.3, -0.25) is 4.79 Å². The summed E-state index contributed by atoms with van der Waals surface area (Å²) < 4.78 is 5.50. The first-order chi connectivity index (χ1) is 13.8. The Bertz CT molecular complexity index is 937. The average molecular weight is 373 g/mol. The van der Waals surface area contributed by atoms with E-state index in [9.17, 15) is 4.79 Å². The molecular formula is C23H23N3O2. The fraction of sp³-hybridized carbons (Fsp3) is 0.217. The Morgan fingerprint density at radius 2 is 1.68 bits per heavy atom. The molecule has 0 radical (unpaired) electrons. The number of carbonyl (C=O) groups is 1. The number of nitrogens with zero attached hydrogens (tertiary/aromatic N) is 3. The molecule has 1 amide bonds. The first-order valence-electron chi connectivity index (χ1n) is 9.45. The molecule has 0 aliphatic carbocycles. The standard InChI is InChI=1S/C23H23N3O2/c1-28-21-11-10-19(17-20(21)18-7-3-2-4-8-18)23(27)26-15-13-25(14-16-26)22-9-5-6-12-24-22/h2-12,17H,13-16H2,1H3. The number of hydrogen-bond donors (Lipinski definition) is 0. The van der Waals surface area contributed by atoms with Gasteiger partial charge in [-0.15, -0.1) is 0 Å². The number of hydrogen-bond acceptors (Lipinski definition) is 4. The van der Waals surface area contributed by atoms with E-state index in [4.69, 9.17) is 4.74 Å². The number of pyridine rings is 1. The Labute approximate surface area is 165 Å². The summed E-state index contributed by atoms with van der Waals surface area (Å²) in [7, 11) is 1.65. The predicted molar refractivity (Wildman–Crippen MR) is 111 cm³/mol. The van der Waals surface area contributed by atoms with Crippen LogP contribution in [-0.4, -0.2) is 49.1 Å². The zero-order chi connectivity index (χ0) is 19.3. The molecule has 0 bridgehead atoms. The monoisotopic (exact) mass is 373 g/mol. The van der Waals surface area contributed by atoms with Crippen molar-refractivity contribution < 1.29 is 9.53 Å². The van der Waals surface area contributed by atoms with E-state index in [1.54, 1.807) is 13.3 Å². The quantitative estimate of drug-likeness (QED) is 0.699. The van der Waals surface area contributed by atoms with Crippen molar-refractivity contribution in [3.05, 3.63) is 78.5 Å². The van der Waals surface area contributed by atoms with E-state index in [2.05, 4.69) is 9.88 Å². The third kappa shape index (κ3) is 3.69. The summed E-state index contributed by atoms with van der Waals surface area (Å²) in [4.78, 5) is 21.6. The van der Waals surface area contributed by atoms with Crippen LogP contribution in [0.15, 0.2) is 72.9 Å². The van der Waals surface area contributed by atoms with E-state index in [0.29, 0.717) is 18.7 Å². The Hall–Kier alpha value is -3.34. The second-order valence-electron chi connectivity index (χ2n) is 6.75. The number of piperazine rings is 1. The molecule has 0 atom stereocenters. The third-order valence-corrected chi connectivity index (χ3v) is 5.07. The van der Waals surface area contributed by atoms with Crippen molar-refractivity contribution in [2.24, 2.45) is 0 Å². The van der Waals surface area contributed by atoms with Crippen LogP contribution in [0.5, 0.6) is 5.75 Å². The third-order valence-electron chi connectivity index (χ3n) is 5.07. The van der Waals surface area contributed by atoms with Crippen molar-refractivity contribution in [2.45, 2.75) is 0 Å². The number of aromatic nitrogens is 1. The normalized spacial score (nSPS) is 14.0. The summed E-state index contributed by atoms with van der Waals surface area (Å²) in [6.07, 6.45) is 1.80. The molecule has 0 unspecified atom stereocenters. The minimum Gasteiger partial charge on any atom is -0.496 e. The average Bonchev–Trinajstić information content (AvgIpc) is 2.79. The smallest absolute Gasteiger partial charge is 0.254 e. The van der Waals surface area contributed by atoms with Crippen LogP contribution in [0.25, 0.3) is 11.1 Å². The molecule has 0 N–H and O–H groups in total. The lowest BCUT2D eigenvalue weighted by molar-refractivity contribution is 0.0746. The van der Waals surface area contributed by atoms with Crippen LogP contribution in [0.4, 0.5) is 5.82 Å². The molecule has 0 saturated carbocycles. The Morgan fingerprint density at radius 3 is 2.36 bits per heavy atom. The number of anilines is 1. The van der Waals surface area contributed by atoms with Gasteiger partial charge in [0, 0.05) is 43.5 Å². The summed E-state index contributed by atoms with van der Waals surface area (Å²) in [5.74, 6) is 1.79. The summed E-state index contributed by atoms with van der Waals surface area (Å²) >= 11 is 0. The molecule has 2 heterocycles. The lowest BCUT2D eigenvalue weighted by Gasteiger charge is -2.35. The number of carbonyl (C=O) groups excluding carboxylic acids is 1. The van der Waals surface area contributed by atoms with E-state index in [0.717, 1.165) is 35.8 Å². The highest BCUT2D eigenvalue weighted by Crippen LogP contribution is 2.31. The fourth-order valence-corrected chi connectivity index (χ4v) is 3.55. The molecule has 1 fully saturated rings. The van der Waals surface area contributed by atoms with Crippen LogP contribution in [-0.2, 0) is 0 Å². The molecule has 4 rings (SSSR count). The maximum atomic E-state index is 13.1. The highest BCUT2D eigenvalue weighted by atomic mass is 16.5. The highest BCUT2D eigenvalue weighted by molar-refractivity contribution is 5.96. The van der Waals surface area contributed by atoms with Gasteiger partial charge in [-0.2, -0.15) is 0 Å². The molecule has 5 nitrogen and oxygen atoms in total. The van der Waals surface area contributed by atoms with E-state index >= 15 is 0 Å². The predicted octanol–water partition coefficient (Wildman–Crippen LogP) is 3.72. The molecule has 1 aromatic heterocycles. The van der Waals surface area contributed by atoms with Gasteiger partial charge in [0.2, 0.25) is 0 Å². The van der Waals surface area contributed by atoms with Crippen molar-refractivity contribution in [1.29, 1.82) is 0 Å². The summed E-state index contributed by atoms with van der Waals surface area (Å²) in [6.45, 7) is 2.93. The van der Waals surface area contributed by atoms with E-state index < -0.39 is 0 Å². The van der Waals surface area contributed by atoms with Crippen LogP contribution < -0.4 is 9.64 Å². The zero-order valence-corrected chi connectivity index (χ0v) is 15.9. The van der Waals surface area contributed by atoms with Gasteiger partial charge >= 0.3 is 0 Å². The summed E-state index contributed by atoms with van der Waals surface area (Å²) in [5.41, 5.74) is 2.65. The van der Waals surface area contributed by atoms with E-state index in [-0.39, 0.29) is 5.91 Å². The minimum absolute atomic E-state index is 0.0560. The molecule has 1 aliphatic heterocycles. The molecule has 142 valence electrons. The zero-order valence-electron chi connectivity index (χ0n) is 15.9. The molecule has 0 spiro atoms. The lowest BCUT2D eigenvalue weighted by Crippen LogP contribution is -2.49. The topological polar surface area (TPSA) is 45.7 Å². The van der Waals surface area contributed by atoms with Gasteiger partial charge in [0.1, 0.15) is 11.6 Å². The van der Waals surface area contributed by atoms with Gasteiger partial charge in [0.25, 0.3) is 5.91 Å². The largest absolute Gasteiger partial charge is 0.496 e. The van der Waals surface area contributed by atoms with Gasteiger partial charge in [0.15, 0.2) is 0 Å². The van der Waals surface area contributed by atoms with Gasteiger partial charge in [0.05, 0.1) is 7.11 Å². The summed E-state index contributed by atoms with van der Waals surface area (Å²) in [5, 5.41) is 0. The van der Waals surface area contributed by atoms with Gasteiger partial charge < -0.3 is 14.5 Å². The maximum Gasteiger partial charge on any atom is 0.254 e. The number of ether oxygens (including phenoxy) is 1. The molecule has 28 heavy (non-hydrogen) atoms. The van der Waals surface area contributed by atoms with Crippen molar-refractivity contribution in [3.63, 3.8) is 0 Å². The Morgan fingerprint density at radius 1 is 0.929 bits per heavy atom. The number of amides is 1. The number of methoxy groups -OCH3 is 1. The first kappa shape index (κ1) is 18.0. The van der Waals surface area contributed by atoms with Crippen LogP contribution in [0.1, 0.15) is 10.4 Å². The van der Waals surface area contributed by atoms with E-state index in [1.807, 2.05) is 71.6 Å². The van der Waals surface area contributed by atoms with Crippen molar-refractivity contribution in [3.8, 4) is 16.9 Å². The molecule has 2 aromatic carbocycles.